The van der Waals surface area contributed by atoms with Crippen molar-refractivity contribution in [3.05, 3.63) is 54.4 Å². The third-order valence-corrected chi connectivity index (χ3v) is 3.49. The molecule has 23 heavy (non-hydrogen) atoms. The zero-order valence-electron chi connectivity index (χ0n) is 13.0. The number of aromatic amines is 1. The van der Waals surface area contributed by atoms with Gasteiger partial charge in [-0.15, -0.1) is 0 Å². The number of H-pyrrole nitrogens is 1. The van der Waals surface area contributed by atoms with Crippen LogP contribution in [0.2, 0.25) is 0 Å². The molecule has 5 nitrogen and oxygen atoms in total. The molecule has 0 aliphatic carbocycles. The zero-order chi connectivity index (χ0) is 16.1. The van der Waals surface area contributed by atoms with Crippen LogP contribution in [0.3, 0.4) is 0 Å². The van der Waals surface area contributed by atoms with Crippen LogP contribution in [0.15, 0.2) is 48.5 Å². The summed E-state index contributed by atoms with van der Waals surface area (Å²) in [6.45, 7) is 2.40. The van der Waals surface area contributed by atoms with Crippen LogP contribution in [0.1, 0.15) is 19.2 Å². The van der Waals surface area contributed by atoms with Crippen molar-refractivity contribution in [3.63, 3.8) is 0 Å². The number of anilines is 1. The van der Waals surface area contributed by atoms with E-state index in [4.69, 9.17) is 4.74 Å². The molecule has 0 fully saturated rings. The van der Waals surface area contributed by atoms with Crippen molar-refractivity contribution in [1.29, 1.82) is 0 Å². The fourth-order valence-electron chi connectivity index (χ4n) is 2.31. The number of carbonyl (C=O) groups excluding carboxylic acids is 1. The molecule has 0 saturated carbocycles. The lowest BCUT2D eigenvalue weighted by atomic mass is 10.2. The van der Waals surface area contributed by atoms with Gasteiger partial charge in [0.15, 0.2) is 0 Å². The summed E-state index contributed by atoms with van der Waals surface area (Å²) in [4.78, 5) is 19.7. The average Bonchev–Trinajstić information content (AvgIpc) is 2.98. The lowest BCUT2D eigenvalue weighted by Gasteiger charge is -2.07. The second-order valence-electron chi connectivity index (χ2n) is 5.23. The highest BCUT2D eigenvalue weighted by atomic mass is 16.5. The Morgan fingerprint density at radius 2 is 2.04 bits per heavy atom. The Bertz CT molecular complexity index is 796. The van der Waals surface area contributed by atoms with Crippen molar-refractivity contribution in [2.75, 3.05) is 11.9 Å². The number of imidazole rings is 1. The summed E-state index contributed by atoms with van der Waals surface area (Å²) in [6, 6.07) is 15.1. The van der Waals surface area contributed by atoms with Gasteiger partial charge in [0.2, 0.25) is 5.91 Å². The van der Waals surface area contributed by atoms with Gasteiger partial charge in [0.1, 0.15) is 11.6 Å². The van der Waals surface area contributed by atoms with Gasteiger partial charge >= 0.3 is 0 Å². The Hall–Kier alpha value is -2.82. The van der Waals surface area contributed by atoms with Gasteiger partial charge in [-0.3, -0.25) is 4.79 Å². The van der Waals surface area contributed by atoms with Crippen LogP contribution >= 0.6 is 0 Å². The molecule has 2 aromatic carbocycles. The van der Waals surface area contributed by atoms with Crippen molar-refractivity contribution < 1.29 is 9.53 Å². The van der Waals surface area contributed by atoms with Gasteiger partial charge in [-0.05, 0) is 30.3 Å². The van der Waals surface area contributed by atoms with E-state index >= 15 is 0 Å². The van der Waals surface area contributed by atoms with Crippen molar-refractivity contribution in [1.82, 2.24) is 9.97 Å². The number of hydrogen-bond donors (Lipinski definition) is 2. The van der Waals surface area contributed by atoms with E-state index in [2.05, 4.69) is 15.3 Å². The summed E-state index contributed by atoms with van der Waals surface area (Å²) < 4.78 is 5.53. The first-order valence-corrected chi connectivity index (χ1v) is 7.71. The Kier molecular flexibility index (Phi) is 4.57. The summed E-state index contributed by atoms with van der Waals surface area (Å²) in [5.41, 5.74) is 2.60. The highest BCUT2D eigenvalue weighted by Gasteiger charge is 2.06. The number of aromatic nitrogens is 2. The zero-order valence-corrected chi connectivity index (χ0v) is 13.0. The number of carbonyl (C=O) groups is 1. The summed E-state index contributed by atoms with van der Waals surface area (Å²) >= 11 is 0. The van der Waals surface area contributed by atoms with Crippen LogP contribution in [-0.2, 0) is 11.2 Å². The van der Waals surface area contributed by atoms with E-state index in [1.807, 2.05) is 55.5 Å². The van der Waals surface area contributed by atoms with E-state index in [-0.39, 0.29) is 5.91 Å². The monoisotopic (exact) mass is 309 g/mol. The molecule has 0 saturated heterocycles. The Labute approximate surface area is 134 Å². The normalized spacial score (nSPS) is 10.7. The number of fused-ring (bicyclic) bond motifs is 1. The number of amides is 1. The van der Waals surface area contributed by atoms with Gasteiger partial charge in [-0.25, -0.2) is 4.98 Å². The molecule has 0 atom stereocenters. The van der Waals surface area contributed by atoms with Crippen molar-refractivity contribution in [2.45, 2.75) is 19.8 Å². The molecular formula is C18H19N3O2. The van der Waals surface area contributed by atoms with Crippen LogP contribution in [0, 0.1) is 0 Å². The lowest BCUT2D eigenvalue weighted by molar-refractivity contribution is -0.116. The molecule has 2 N–H and O–H groups in total. The molecule has 0 aliphatic heterocycles. The predicted molar refractivity (Wildman–Crippen MR) is 90.7 cm³/mol. The highest BCUT2D eigenvalue weighted by molar-refractivity contribution is 5.93. The minimum atomic E-state index is -0.0736. The number of aryl methyl sites for hydroxylation is 1. The van der Waals surface area contributed by atoms with Crippen LogP contribution in [0.5, 0.6) is 5.75 Å². The van der Waals surface area contributed by atoms with Gasteiger partial charge in [0, 0.05) is 12.1 Å². The van der Waals surface area contributed by atoms with E-state index in [0.29, 0.717) is 13.0 Å². The Balaban J connectivity index is 1.55. The molecule has 3 rings (SSSR count). The van der Waals surface area contributed by atoms with Gasteiger partial charge in [0.25, 0.3) is 0 Å². The largest absolute Gasteiger partial charge is 0.493 e. The lowest BCUT2D eigenvalue weighted by Crippen LogP contribution is -2.15. The average molecular weight is 309 g/mol. The van der Waals surface area contributed by atoms with E-state index < -0.39 is 0 Å². The number of nitrogens with zero attached hydrogens (tertiary/aromatic N) is 1. The molecule has 5 heteroatoms. The van der Waals surface area contributed by atoms with Gasteiger partial charge in [-0.1, -0.05) is 25.1 Å². The third-order valence-electron chi connectivity index (χ3n) is 3.49. The summed E-state index contributed by atoms with van der Waals surface area (Å²) in [5, 5.41) is 2.88. The van der Waals surface area contributed by atoms with Crippen LogP contribution in [-0.4, -0.2) is 22.5 Å². The third kappa shape index (κ3) is 3.88. The first-order chi connectivity index (χ1) is 11.2. The van der Waals surface area contributed by atoms with Crippen molar-refractivity contribution in [2.24, 2.45) is 0 Å². The van der Waals surface area contributed by atoms with Gasteiger partial charge in [0.05, 0.1) is 24.1 Å². The maximum absolute atomic E-state index is 12.0. The van der Waals surface area contributed by atoms with E-state index in [1.54, 1.807) is 0 Å². The highest BCUT2D eigenvalue weighted by Crippen LogP contribution is 2.17. The molecule has 0 aliphatic rings. The van der Waals surface area contributed by atoms with E-state index in [0.717, 1.165) is 34.7 Å². The minimum Gasteiger partial charge on any atom is -0.493 e. The van der Waals surface area contributed by atoms with Crippen molar-refractivity contribution >= 4 is 22.6 Å². The second-order valence-corrected chi connectivity index (χ2v) is 5.23. The topological polar surface area (TPSA) is 67.0 Å². The number of hydrogen-bond acceptors (Lipinski definition) is 3. The fraction of sp³-hybridized carbons (Fsp3) is 0.222. The molecule has 0 unspecified atom stereocenters. The van der Waals surface area contributed by atoms with E-state index in [1.165, 1.54) is 0 Å². The number of benzene rings is 2. The maximum atomic E-state index is 12.0. The fourth-order valence-corrected chi connectivity index (χ4v) is 2.31. The molecule has 3 aromatic rings. The molecular weight excluding hydrogens is 290 g/mol. The maximum Gasteiger partial charge on any atom is 0.227 e. The first-order valence-electron chi connectivity index (χ1n) is 7.71. The number of rotatable bonds is 6. The number of para-hydroxylation sites is 1. The van der Waals surface area contributed by atoms with Gasteiger partial charge < -0.3 is 15.0 Å². The molecule has 0 spiro atoms. The number of ether oxygens (including phenoxy) is 1. The van der Waals surface area contributed by atoms with E-state index in [9.17, 15) is 4.79 Å². The van der Waals surface area contributed by atoms with Crippen LogP contribution in [0.4, 0.5) is 5.69 Å². The summed E-state index contributed by atoms with van der Waals surface area (Å²) in [6.07, 6.45) is 1.16. The van der Waals surface area contributed by atoms with Crippen LogP contribution < -0.4 is 10.1 Å². The molecule has 0 bridgehead atoms. The van der Waals surface area contributed by atoms with Gasteiger partial charge in [-0.2, -0.15) is 0 Å². The molecule has 0 radical (unpaired) electrons. The van der Waals surface area contributed by atoms with Crippen molar-refractivity contribution in [3.8, 4) is 5.75 Å². The SMILES string of the molecule is CCc1nc2ccc(NC(=O)CCOc3ccccc3)cc2[nH]1. The minimum absolute atomic E-state index is 0.0736. The number of nitrogens with one attached hydrogen (secondary N) is 2. The molecule has 1 amide bonds. The Morgan fingerprint density at radius 1 is 1.22 bits per heavy atom. The molecule has 1 aromatic heterocycles. The standard InChI is InChI=1S/C18H19N3O2/c1-2-17-20-15-9-8-13(12-16(15)21-17)19-18(22)10-11-23-14-6-4-3-5-7-14/h3-9,12H,2,10-11H2,1H3,(H,19,22)(H,20,21). The Morgan fingerprint density at radius 3 is 2.83 bits per heavy atom. The molecule has 118 valence electrons. The second kappa shape index (κ2) is 6.96. The molecule has 1 heterocycles. The first kappa shape index (κ1) is 15.1. The summed E-state index contributed by atoms with van der Waals surface area (Å²) in [5.74, 6) is 1.64. The summed E-state index contributed by atoms with van der Waals surface area (Å²) in [7, 11) is 0. The predicted octanol–water partition coefficient (Wildman–Crippen LogP) is 3.53. The van der Waals surface area contributed by atoms with Crippen LogP contribution in [0.25, 0.3) is 11.0 Å². The quantitative estimate of drug-likeness (QED) is 0.732. The smallest absolute Gasteiger partial charge is 0.227 e.